The smallest absolute Gasteiger partial charge is 0.192 e. The molecular formula is C27H35F3O3. The maximum Gasteiger partial charge on any atom is 0.192 e. The molecule has 2 saturated carbocycles. The number of benzene rings is 1. The number of halogens is 3. The number of hydrogen-bond donors (Lipinski definition) is 0. The van der Waals surface area contributed by atoms with Crippen molar-refractivity contribution in [2.45, 2.75) is 75.7 Å². The third kappa shape index (κ3) is 5.59. The first kappa shape index (κ1) is 24.2. The van der Waals surface area contributed by atoms with Crippen LogP contribution >= 0.6 is 0 Å². The van der Waals surface area contributed by atoms with Crippen LogP contribution in [0.15, 0.2) is 41.7 Å². The van der Waals surface area contributed by atoms with Crippen LogP contribution in [0.5, 0.6) is 5.75 Å². The van der Waals surface area contributed by atoms with E-state index in [2.05, 4.69) is 0 Å². The molecule has 2 unspecified atom stereocenters. The Morgan fingerprint density at radius 1 is 0.848 bits per heavy atom. The molecular weight excluding hydrogens is 429 g/mol. The summed E-state index contributed by atoms with van der Waals surface area (Å²) in [6.07, 6.45) is 7.12. The topological polar surface area (TPSA) is 27.7 Å². The molecule has 0 aromatic heterocycles. The highest BCUT2D eigenvalue weighted by Crippen LogP contribution is 2.40. The van der Waals surface area contributed by atoms with Gasteiger partial charge >= 0.3 is 0 Å². The highest BCUT2D eigenvalue weighted by atomic mass is 19.2. The number of hydrogen-bond acceptors (Lipinski definition) is 3. The largest absolute Gasteiger partial charge is 0.497 e. The summed E-state index contributed by atoms with van der Waals surface area (Å²) in [5.74, 6) is 0.906. The maximum absolute atomic E-state index is 14.9. The Kier molecular flexibility index (Phi) is 8.05. The highest BCUT2D eigenvalue weighted by Gasteiger charge is 2.37. The van der Waals surface area contributed by atoms with Gasteiger partial charge in [0.05, 0.1) is 19.8 Å². The number of alkyl halides is 2. The summed E-state index contributed by atoms with van der Waals surface area (Å²) < 4.78 is 60.4. The van der Waals surface area contributed by atoms with Crippen LogP contribution in [0, 0.1) is 17.7 Å². The SMILES string of the molecule is COc1ccc(C2CCC(COC3=CC=C(C4CCC(OC)CC4)C(F)C3F)CC2)c(F)c1. The lowest BCUT2D eigenvalue weighted by molar-refractivity contribution is 0.0535. The van der Waals surface area contributed by atoms with Crippen molar-refractivity contribution in [3.63, 3.8) is 0 Å². The summed E-state index contributed by atoms with van der Waals surface area (Å²) in [5.41, 5.74) is 1.29. The molecule has 1 aromatic carbocycles. The van der Waals surface area contributed by atoms with E-state index in [1.165, 1.54) is 13.2 Å². The van der Waals surface area contributed by atoms with Crippen molar-refractivity contribution >= 4 is 0 Å². The van der Waals surface area contributed by atoms with E-state index >= 15 is 0 Å². The van der Waals surface area contributed by atoms with E-state index in [0.717, 1.165) is 56.9 Å². The summed E-state index contributed by atoms with van der Waals surface area (Å²) >= 11 is 0. The molecule has 0 heterocycles. The Morgan fingerprint density at radius 2 is 1.55 bits per heavy atom. The molecule has 0 saturated heterocycles. The molecule has 1 aromatic rings. The Hall–Kier alpha value is -1.95. The molecule has 0 aliphatic heterocycles. The second-order valence-corrected chi connectivity index (χ2v) is 9.66. The van der Waals surface area contributed by atoms with Crippen LogP contribution in [0.3, 0.4) is 0 Å². The van der Waals surface area contributed by atoms with Crippen molar-refractivity contribution in [3.05, 3.63) is 53.1 Å². The predicted molar refractivity (Wildman–Crippen MR) is 122 cm³/mol. The van der Waals surface area contributed by atoms with Gasteiger partial charge in [-0.1, -0.05) is 12.1 Å². The zero-order valence-corrected chi connectivity index (χ0v) is 19.6. The van der Waals surface area contributed by atoms with E-state index < -0.39 is 12.3 Å². The Labute approximate surface area is 195 Å². The fourth-order valence-electron chi connectivity index (χ4n) is 5.62. The average molecular weight is 465 g/mol. The van der Waals surface area contributed by atoms with Crippen molar-refractivity contribution in [2.75, 3.05) is 20.8 Å². The summed E-state index contributed by atoms with van der Waals surface area (Å²) in [7, 11) is 3.23. The molecule has 3 aliphatic rings. The molecule has 3 aliphatic carbocycles. The molecule has 0 radical (unpaired) electrons. The van der Waals surface area contributed by atoms with Crippen molar-refractivity contribution in [3.8, 4) is 5.75 Å². The van der Waals surface area contributed by atoms with Gasteiger partial charge in [-0.15, -0.1) is 0 Å². The lowest BCUT2D eigenvalue weighted by Gasteiger charge is -2.34. The van der Waals surface area contributed by atoms with Crippen molar-refractivity contribution < 1.29 is 27.4 Å². The summed E-state index contributed by atoms with van der Waals surface area (Å²) in [6, 6.07) is 5.03. The first-order valence-electron chi connectivity index (χ1n) is 12.2. The first-order valence-corrected chi connectivity index (χ1v) is 12.2. The lowest BCUT2D eigenvalue weighted by atomic mass is 9.78. The molecule has 0 N–H and O–H groups in total. The van der Waals surface area contributed by atoms with E-state index in [1.54, 1.807) is 25.3 Å². The highest BCUT2D eigenvalue weighted by molar-refractivity contribution is 5.32. The fraction of sp³-hybridized carbons (Fsp3) is 0.630. The normalized spacial score (nSPS) is 32.6. The minimum Gasteiger partial charge on any atom is -0.497 e. The minimum atomic E-state index is -1.74. The van der Waals surface area contributed by atoms with Crippen LogP contribution in [0.4, 0.5) is 13.2 Å². The summed E-state index contributed by atoms with van der Waals surface area (Å²) in [6.45, 7) is 0.374. The van der Waals surface area contributed by atoms with Gasteiger partial charge in [0, 0.05) is 13.2 Å². The molecule has 182 valence electrons. The van der Waals surface area contributed by atoms with Gasteiger partial charge in [0.15, 0.2) is 12.3 Å². The molecule has 4 rings (SSSR count). The number of allylic oxidation sites excluding steroid dienone is 4. The van der Waals surface area contributed by atoms with Crippen molar-refractivity contribution in [2.24, 2.45) is 11.8 Å². The van der Waals surface area contributed by atoms with Gasteiger partial charge in [0.1, 0.15) is 17.3 Å². The van der Waals surface area contributed by atoms with Crippen LogP contribution in [0.25, 0.3) is 0 Å². The van der Waals surface area contributed by atoms with Crippen molar-refractivity contribution in [1.82, 2.24) is 0 Å². The van der Waals surface area contributed by atoms with Crippen LogP contribution in [0.2, 0.25) is 0 Å². The third-order valence-corrected chi connectivity index (χ3v) is 7.75. The Balaban J connectivity index is 1.28. The van der Waals surface area contributed by atoms with Gasteiger partial charge in [0.2, 0.25) is 0 Å². The summed E-state index contributed by atoms with van der Waals surface area (Å²) in [5, 5.41) is 0. The van der Waals surface area contributed by atoms with Gasteiger partial charge in [-0.05, 0) is 92.4 Å². The van der Waals surface area contributed by atoms with Crippen LogP contribution in [0.1, 0.15) is 62.8 Å². The molecule has 2 atom stereocenters. The number of methoxy groups -OCH3 is 2. The first-order chi connectivity index (χ1) is 16.0. The standard InChI is InChI=1S/C27H35F3O3/c1-31-20-9-7-19(8-10-20)23-13-14-25(27(30)26(23)29)33-16-17-3-5-18(6-4-17)22-12-11-21(32-2)15-24(22)28/h11-15,17-20,26-27H,3-10,16H2,1-2H3. The second kappa shape index (κ2) is 11.0. The molecule has 0 bridgehead atoms. The Morgan fingerprint density at radius 3 is 2.18 bits per heavy atom. The monoisotopic (exact) mass is 464 g/mol. The summed E-state index contributed by atoms with van der Waals surface area (Å²) in [4.78, 5) is 0. The molecule has 2 fully saturated rings. The predicted octanol–water partition coefficient (Wildman–Crippen LogP) is 6.83. The molecule has 0 spiro atoms. The lowest BCUT2D eigenvalue weighted by Crippen LogP contribution is -2.32. The van der Waals surface area contributed by atoms with Gasteiger partial charge in [-0.25, -0.2) is 13.2 Å². The van der Waals surface area contributed by atoms with Crippen LogP contribution < -0.4 is 4.74 Å². The van der Waals surface area contributed by atoms with Crippen LogP contribution in [-0.2, 0) is 9.47 Å². The zero-order valence-electron chi connectivity index (χ0n) is 19.6. The third-order valence-electron chi connectivity index (χ3n) is 7.75. The van der Waals surface area contributed by atoms with Crippen LogP contribution in [-0.4, -0.2) is 39.3 Å². The molecule has 6 heteroatoms. The molecule has 33 heavy (non-hydrogen) atoms. The number of rotatable bonds is 7. The van der Waals surface area contributed by atoms with Gasteiger partial charge in [-0.2, -0.15) is 0 Å². The van der Waals surface area contributed by atoms with E-state index in [4.69, 9.17) is 14.2 Å². The molecule has 0 amide bonds. The van der Waals surface area contributed by atoms with E-state index in [1.807, 2.05) is 6.07 Å². The second-order valence-electron chi connectivity index (χ2n) is 9.66. The number of ether oxygens (including phenoxy) is 3. The van der Waals surface area contributed by atoms with E-state index in [9.17, 15) is 13.2 Å². The zero-order chi connectivity index (χ0) is 23.4. The molecule has 3 nitrogen and oxygen atoms in total. The van der Waals surface area contributed by atoms with Gasteiger partial charge < -0.3 is 14.2 Å². The van der Waals surface area contributed by atoms with Crippen molar-refractivity contribution in [1.29, 1.82) is 0 Å². The van der Waals surface area contributed by atoms with E-state index in [-0.39, 0.29) is 35.4 Å². The maximum atomic E-state index is 14.9. The quantitative estimate of drug-likeness (QED) is 0.443. The minimum absolute atomic E-state index is 0.0797. The Bertz CT molecular complexity index is 852. The average Bonchev–Trinajstić information content (AvgIpc) is 2.85. The fourth-order valence-corrected chi connectivity index (χ4v) is 5.62. The van der Waals surface area contributed by atoms with Gasteiger partial charge in [0.25, 0.3) is 0 Å². The van der Waals surface area contributed by atoms with E-state index in [0.29, 0.717) is 17.9 Å². The van der Waals surface area contributed by atoms with Gasteiger partial charge in [-0.3, -0.25) is 0 Å².